The van der Waals surface area contributed by atoms with E-state index in [-0.39, 0.29) is 17.7 Å². The number of nitrogens with zero attached hydrogens (tertiary/aromatic N) is 1. The predicted molar refractivity (Wildman–Crippen MR) is 108 cm³/mol. The molecule has 0 atom stereocenters. The standard InChI is InChI=1S/C22H23N3O3/c23-21(27)18-7-4-8-19(15-18)24-22(28)17-11-13-25(14-12-17)20(26)10-9-16-5-2-1-3-6-16/h1-10,15,17H,11-14H2,(H2,23,27)(H,24,28)/b10-9+. The first-order chi connectivity index (χ1) is 13.5. The van der Waals surface area contributed by atoms with Crippen molar-refractivity contribution in [1.29, 1.82) is 0 Å². The van der Waals surface area contributed by atoms with E-state index in [1.807, 2.05) is 30.3 Å². The Morgan fingerprint density at radius 1 is 1.00 bits per heavy atom. The molecule has 1 fully saturated rings. The number of carbonyl (C=O) groups excluding carboxylic acids is 3. The van der Waals surface area contributed by atoms with Gasteiger partial charge in [-0.1, -0.05) is 36.4 Å². The van der Waals surface area contributed by atoms with Gasteiger partial charge in [-0.3, -0.25) is 14.4 Å². The van der Waals surface area contributed by atoms with Crippen molar-refractivity contribution in [3.05, 3.63) is 71.8 Å². The minimum atomic E-state index is -0.536. The van der Waals surface area contributed by atoms with Crippen molar-refractivity contribution in [2.75, 3.05) is 18.4 Å². The molecular formula is C22H23N3O3. The number of hydrogen-bond donors (Lipinski definition) is 2. The van der Waals surface area contributed by atoms with Crippen LogP contribution in [-0.4, -0.2) is 35.7 Å². The predicted octanol–water partition coefficient (Wildman–Crippen LogP) is 2.68. The molecular weight excluding hydrogens is 354 g/mol. The van der Waals surface area contributed by atoms with E-state index in [2.05, 4.69) is 5.32 Å². The van der Waals surface area contributed by atoms with E-state index in [0.717, 1.165) is 5.56 Å². The van der Waals surface area contributed by atoms with Gasteiger partial charge in [0.05, 0.1) is 0 Å². The van der Waals surface area contributed by atoms with Gasteiger partial charge >= 0.3 is 0 Å². The number of amides is 3. The Hall–Kier alpha value is -3.41. The second kappa shape index (κ2) is 8.99. The normalized spacial score (nSPS) is 14.8. The maximum Gasteiger partial charge on any atom is 0.248 e. The summed E-state index contributed by atoms with van der Waals surface area (Å²) in [6.07, 6.45) is 4.58. The number of nitrogens with two attached hydrogens (primary N) is 1. The van der Waals surface area contributed by atoms with Crippen molar-refractivity contribution in [2.24, 2.45) is 11.7 Å². The average Bonchev–Trinajstić information content (AvgIpc) is 2.73. The second-order valence-electron chi connectivity index (χ2n) is 6.78. The fraction of sp³-hybridized carbons (Fsp3) is 0.227. The number of anilines is 1. The molecule has 6 heteroatoms. The van der Waals surface area contributed by atoms with Crippen LogP contribution in [0, 0.1) is 5.92 Å². The molecule has 0 radical (unpaired) electrons. The van der Waals surface area contributed by atoms with E-state index in [4.69, 9.17) is 5.73 Å². The van der Waals surface area contributed by atoms with Crippen molar-refractivity contribution in [1.82, 2.24) is 4.90 Å². The fourth-order valence-corrected chi connectivity index (χ4v) is 3.19. The minimum absolute atomic E-state index is 0.0446. The minimum Gasteiger partial charge on any atom is -0.366 e. The number of rotatable bonds is 5. The van der Waals surface area contributed by atoms with Gasteiger partial charge in [0.2, 0.25) is 17.7 Å². The lowest BCUT2D eigenvalue weighted by atomic mass is 9.95. The van der Waals surface area contributed by atoms with Gasteiger partial charge in [0.1, 0.15) is 0 Å². The summed E-state index contributed by atoms with van der Waals surface area (Å²) in [5, 5.41) is 2.83. The van der Waals surface area contributed by atoms with Gasteiger partial charge < -0.3 is 16.0 Å². The molecule has 1 aliphatic heterocycles. The Labute approximate surface area is 164 Å². The maximum absolute atomic E-state index is 12.5. The lowest BCUT2D eigenvalue weighted by Gasteiger charge is -2.30. The second-order valence-corrected chi connectivity index (χ2v) is 6.78. The van der Waals surface area contributed by atoms with E-state index in [0.29, 0.717) is 37.2 Å². The molecule has 0 aromatic heterocycles. The van der Waals surface area contributed by atoms with Crippen LogP contribution in [0.4, 0.5) is 5.69 Å². The van der Waals surface area contributed by atoms with Crippen LogP contribution in [0.15, 0.2) is 60.7 Å². The molecule has 3 rings (SSSR count). The number of carbonyl (C=O) groups is 3. The molecule has 0 bridgehead atoms. The Morgan fingerprint density at radius 3 is 2.39 bits per heavy atom. The average molecular weight is 377 g/mol. The van der Waals surface area contributed by atoms with E-state index in [9.17, 15) is 14.4 Å². The molecule has 2 aromatic carbocycles. The first-order valence-corrected chi connectivity index (χ1v) is 9.26. The number of hydrogen-bond acceptors (Lipinski definition) is 3. The van der Waals surface area contributed by atoms with Crippen LogP contribution < -0.4 is 11.1 Å². The van der Waals surface area contributed by atoms with Crippen LogP contribution in [-0.2, 0) is 9.59 Å². The molecule has 0 spiro atoms. The SMILES string of the molecule is NC(=O)c1cccc(NC(=O)C2CCN(C(=O)/C=C/c3ccccc3)CC2)c1. The molecule has 144 valence electrons. The zero-order chi connectivity index (χ0) is 19.9. The molecule has 6 nitrogen and oxygen atoms in total. The van der Waals surface area contributed by atoms with Gasteiger partial charge in [-0.25, -0.2) is 0 Å². The molecule has 3 N–H and O–H groups in total. The first-order valence-electron chi connectivity index (χ1n) is 9.26. The third kappa shape index (κ3) is 5.07. The molecule has 0 unspecified atom stereocenters. The summed E-state index contributed by atoms with van der Waals surface area (Å²) in [7, 11) is 0. The monoisotopic (exact) mass is 377 g/mol. The Balaban J connectivity index is 1.51. The highest BCUT2D eigenvalue weighted by Gasteiger charge is 2.26. The third-order valence-electron chi connectivity index (χ3n) is 4.81. The maximum atomic E-state index is 12.5. The number of nitrogens with one attached hydrogen (secondary N) is 1. The highest BCUT2D eigenvalue weighted by molar-refractivity contribution is 5.97. The van der Waals surface area contributed by atoms with Gasteiger partial charge in [-0.15, -0.1) is 0 Å². The van der Waals surface area contributed by atoms with Crippen molar-refractivity contribution in [2.45, 2.75) is 12.8 Å². The first kappa shape index (κ1) is 19.4. The summed E-state index contributed by atoms with van der Waals surface area (Å²) in [6, 6.07) is 16.2. The largest absolute Gasteiger partial charge is 0.366 e. The van der Waals surface area contributed by atoms with Gasteiger partial charge in [0, 0.05) is 36.3 Å². The van der Waals surface area contributed by atoms with Gasteiger partial charge in [-0.2, -0.15) is 0 Å². The zero-order valence-corrected chi connectivity index (χ0v) is 15.5. The lowest BCUT2D eigenvalue weighted by molar-refractivity contribution is -0.130. The number of primary amides is 1. The highest BCUT2D eigenvalue weighted by atomic mass is 16.2. The van der Waals surface area contributed by atoms with Gasteiger partial charge in [0.15, 0.2) is 0 Å². The van der Waals surface area contributed by atoms with Crippen LogP contribution >= 0.6 is 0 Å². The number of piperidine rings is 1. The van der Waals surface area contributed by atoms with Crippen LogP contribution in [0.2, 0.25) is 0 Å². The van der Waals surface area contributed by atoms with Crippen LogP contribution in [0.1, 0.15) is 28.8 Å². The smallest absolute Gasteiger partial charge is 0.248 e. The Morgan fingerprint density at radius 2 is 1.71 bits per heavy atom. The van der Waals surface area contributed by atoms with E-state index in [1.54, 1.807) is 41.3 Å². The van der Waals surface area contributed by atoms with Crippen LogP contribution in [0.5, 0.6) is 0 Å². The lowest BCUT2D eigenvalue weighted by Crippen LogP contribution is -2.40. The molecule has 1 saturated heterocycles. The van der Waals surface area contributed by atoms with Gasteiger partial charge in [0.25, 0.3) is 0 Å². The summed E-state index contributed by atoms with van der Waals surface area (Å²) < 4.78 is 0. The summed E-state index contributed by atoms with van der Waals surface area (Å²) in [4.78, 5) is 37.8. The topological polar surface area (TPSA) is 92.5 Å². The van der Waals surface area contributed by atoms with Crippen molar-refractivity contribution >= 4 is 29.5 Å². The summed E-state index contributed by atoms with van der Waals surface area (Å²) in [6.45, 7) is 1.08. The third-order valence-corrected chi connectivity index (χ3v) is 4.81. The Kier molecular flexibility index (Phi) is 6.22. The van der Waals surface area contributed by atoms with Crippen LogP contribution in [0.3, 0.4) is 0 Å². The summed E-state index contributed by atoms with van der Waals surface area (Å²) in [5.74, 6) is -0.851. The van der Waals surface area contributed by atoms with Crippen LogP contribution in [0.25, 0.3) is 6.08 Å². The number of likely N-dealkylation sites (tertiary alicyclic amines) is 1. The summed E-state index contributed by atoms with van der Waals surface area (Å²) in [5.41, 5.74) is 7.14. The molecule has 1 aliphatic rings. The fourth-order valence-electron chi connectivity index (χ4n) is 3.19. The molecule has 0 saturated carbocycles. The molecule has 0 aliphatic carbocycles. The quantitative estimate of drug-likeness (QED) is 0.785. The number of benzene rings is 2. The molecule has 1 heterocycles. The highest BCUT2D eigenvalue weighted by Crippen LogP contribution is 2.20. The van der Waals surface area contributed by atoms with E-state index >= 15 is 0 Å². The molecule has 3 amide bonds. The Bertz CT molecular complexity index is 885. The van der Waals surface area contributed by atoms with Crippen molar-refractivity contribution in [3.63, 3.8) is 0 Å². The molecule has 28 heavy (non-hydrogen) atoms. The van der Waals surface area contributed by atoms with Crippen molar-refractivity contribution < 1.29 is 14.4 Å². The molecule has 2 aromatic rings. The van der Waals surface area contributed by atoms with Crippen molar-refractivity contribution in [3.8, 4) is 0 Å². The summed E-state index contributed by atoms with van der Waals surface area (Å²) >= 11 is 0. The van der Waals surface area contributed by atoms with E-state index < -0.39 is 5.91 Å². The van der Waals surface area contributed by atoms with E-state index in [1.165, 1.54) is 0 Å². The van der Waals surface area contributed by atoms with Gasteiger partial charge in [-0.05, 0) is 42.7 Å². The zero-order valence-electron chi connectivity index (χ0n) is 15.5.